The van der Waals surface area contributed by atoms with E-state index >= 15 is 0 Å². The first-order valence-corrected chi connectivity index (χ1v) is 7.39. The van der Waals surface area contributed by atoms with E-state index in [2.05, 4.69) is 22.1 Å². The molecule has 0 unspecified atom stereocenters. The van der Waals surface area contributed by atoms with Crippen LogP contribution < -0.4 is 10.2 Å². The first-order valence-electron chi connectivity index (χ1n) is 7.39. The van der Waals surface area contributed by atoms with E-state index in [1.807, 2.05) is 18.3 Å². The number of rotatable bonds is 3. The third-order valence-electron chi connectivity index (χ3n) is 3.76. The lowest BCUT2D eigenvalue weighted by Gasteiger charge is -2.30. The Morgan fingerprint density at radius 2 is 1.90 bits per heavy atom. The van der Waals surface area contributed by atoms with E-state index in [1.165, 1.54) is 0 Å². The van der Waals surface area contributed by atoms with Gasteiger partial charge in [-0.3, -0.25) is 0 Å². The van der Waals surface area contributed by atoms with Crippen LogP contribution in [-0.2, 0) is 6.42 Å². The van der Waals surface area contributed by atoms with Crippen molar-refractivity contribution in [1.82, 2.24) is 15.3 Å². The van der Waals surface area contributed by atoms with Crippen LogP contribution in [0.15, 0.2) is 30.5 Å². The van der Waals surface area contributed by atoms with Crippen molar-refractivity contribution >= 4 is 5.69 Å². The highest BCUT2D eigenvalue weighted by Gasteiger charge is 2.16. The SMILES string of the molecule is CCc1nc(-c2ccc(O)cc2)ncc1N1CCNCC1. The fourth-order valence-electron chi connectivity index (χ4n) is 2.59. The van der Waals surface area contributed by atoms with Gasteiger partial charge in [0.25, 0.3) is 0 Å². The van der Waals surface area contributed by atoms with Crippen molar-refractivity contribution < 1.29 is 5.11 Å². The maximum Gasteiger partial charge on any atom is 0.159 e. The summed E-state index contributed by atoms with van der Waals surface area (Å²) in [5.74, 6) is 0.970. The molecule has 1 aromatic carbocycles. The number of phenols is 1. The fraction of sp³-hybridized carbons (Fsp3) is 0.375. The second-order valence-corrected chi connectivity index (χ2v) is 5.16. The molecule has 0 atom stereocenters. The number of phenolic OH excluding ortho intramolecular Hbond substituents is 1. The van der Waals surface area contributed by atoms with Gasteiger partial charge < -0.3 is 15.3 Å². The fourth-order valence-corrected chi connectivity index (χ4v) is 2.59. The van der Waals surface area contributed by atoms with E-state index < -0.39 is 0 Å². The molecule has 2 heterocycles. The Morgan fingerprint density at radius 1 is 1.19 bits per heavy atom. The topological polar surface area (TPSA) is 61.3 Å². The van der Waals surface area contributed by atoms with E-state index in [9.17, 15) is 5.11 Å². The highest BCUT2D eigenvalue weighted by Crippen LogP contribution is 2.24. The van der Waals surface area contributed by atoms with E-state index in [-0.39, 0.29) is 5.75 Å². The van der Waals surface area contributed by atoms with Crippen LogP contribution in [0.4, 0.5) is 5.69 Å². The van der Waals surface area contributed by atoms with E-state index in [0.717, 1.165) is 49.5 Å². The maximum atomic E-state index is 9.37. The van der Waals surface area contributed by atoms with Crippen molar-refractivity contribution in [2.24, 2.45) is 0 Å². The molecular formula is C16H20N4O. The molecule has 0 bridgehead atoms. The van der Waals surface area contributed by atoms with Crippen LogP contribution in [0.25, 0.3) is 11.4 Å². The standard InChI is InChI=1S/C16H20N4O/c1-2-14-15(20-9-7-17-8-10-20)11-18-16(19-14)12-3-5-13(21)6-4-12/h3-6,11,17,21H,2,7-10H2,1H3. The van der Waals surface area contributed by atoms with Crippen LogP contribution in [0.1, 0.15) is 12.6 Å². The van der Waals surface area contributed by atoms with Crippen LogP contribution >= 0.6 is 0 Å². The number of benzene rings is 1. The quantitative estimate of drug-likeness (QED) is 0.900. The zero-order chi connectivity index (χ0) is 14.7. The Balaban J connectivity index is 1.92. The molecule has 1 saturated heterocycles. The van der Waals surface area contributed by atoms with Gasteiger partial charge in [0.05, 0.1) is 17.6 Å². The second kappa shape index (κ2) is 6.10. The lowest BCUT2D eigenvalue weighted by molar-refractivity contribution is 0.475. The predicted molar refractivity (Wildman–Crippen MR) is 83.6 cm³/mol. The smallest absolute Gasteiger partial charge is 0.159 e. The third kappa shape index (κ3) is 2.97. The number of aromatic nitrogens is 2. The molecule has 0 aliphatic carbocycles. The molecule has 1 aromatic heterocycles. The summed E-state index contributed by atoms with van der Waals surface area (Å²) in [5.41, 5.74) is 3.14. The minimum absolute atomic E-state index is 0.256. The summed E-state index contributed by atoms with van der Waals surface area (Å²) in [5, 5.41) is 12.7. The van der Waals surface area contributed by atoms with Crippen LogP contribution in [0.5, 0.6) is 5.75 Å². The number of nitrogens with zero attached hydrogens (tertiary/aromatic N) is 3. The van der Waals surface area contributed by atoms with Crippen molar-refractivity contribution in [1.29, 1.82) is 0 Å². The molecule has 3 rings (SSSR count). The van der Waals surface area contributed by atoms with Gasteiger partial charge in [-0.25, -0.2) is 9.97 Å². The largest absolute Gasteiger partial charge is 0.508 e. The van der Waals surface area contributed by atoms with Gasteiger partial charge in [-0.05, 0) is 30.7 Å². The first kappa shape index (κ1) is 13.8. The average Bonchev–Trinajstić information content (AvgIpc) is 2.56. The van der Waals surface area contributed by atoms with Crippen molar-refractivity contribution in [2.75, 3.05) is 31.1 Å². The number of hydrogen-bond acceptors (Lipinski definition) is 5. The molecule has 1 aliphatic rings. The van der Waals surface area contributed by atoms with Crippen molar-refractivity contribution in [3.05, 3.63) is 36.2 Å². The average molecular weight is 284 g/mol. The molecule has 0 saturated carbocycles. The number of anilines is 1. The summed E-state index contributed by atoms with van der Waals surface area (Å²) in [6.45, 7) is 6.12. The van der Waals surface area contributed by atoms with E-state index in [1.54, 1.807) is 12.1 Å². The second-order valence-electron chi connectivity index (χ2n) is 5.16. The van der Waals surface area contributed by atoms with Gasteiger partial charge in [0.2, 0.25) is 0 Å². The highest BCUT2D eigenvalue weighted by molar-refractivity contribution is 5.59. The summed E-state index contributed by atoms with van der Waals surface area (Å²) in [4.78, 5) is 11.6. The number of piperazine rings is 1. The Labute approximate surface area is 124 Å². The zero-order valence-corrected chi connectivity index (χ0v) is 12.2. The molecule has 0 amide bonds. The first-order chi connectivity index (χ1) is 10.3. The van der Waals surface area contributed by atoms with Gasteiger partial charge in [0.1, 0.15) is 5.75 Å². The summed E-state index contributed by atoms with van der Waals surface area (Å²) in [6, 6.07) is 7.01. The van der Waals surface area contributed by atoms with Crippen LogP contribution in [0.3, 0.4) is 0 Å². The Hall–Kier alpha value is -2.14. The molecule has 5 heteroatoms. The lowest BCUT2D eigenvalue weighted by atomic mass is 10.1. The number of aryl methyl sites for hydroxylation is 1. The third-order valence-corrected chi connectivity index (χ3v) is 3.76. The van der Waals surface area contributed by atoms with Crippen LogP contribution in [0, 0.1) is 0 Å². The van der Waals surface area contributed by atoms with Gasteiger partial charge >= 0.3 is 0 Å². The molecule has 21 heavy (non-hydrogen) atoms. The molecule has 110 valence electrons. The molecular weight excluding hydrogens is 264 g/mol. The van der Waals surface area contributed by atoms with E-state index in [4.69, 9.17) is 4.98 Å². The van der Waals surface area contributed by atoms with Gasteiger partial charge in [-0.15, -0.1) is 0 Å². The highest BCUT2D eigenvalue weighted by atomic mass is 16.3. The van der Waals surface area contributed by atoms with Crippen molar-refractivity contribution in [3.63, 3.8) is 0 Å². The zero-order valence-electron chi connectivity index (χ0n) is 12.2. The van der Waals surface area contributed by atoms with E-state index in [0.29, 0.717) is 5.82 Å². The Bertz CT molecular complexity index is 606. The van der Waals surface area contributed by atoms with Crippen molar-refractivity contribution in [3.8, 4) is 17.1 Å². The maximum absolute atomic E-state index is 9.37. The number of nitrogens with one attached hydrogen (secondary N) is 1. The normalized spacial score (nSPS) is 15.2. The van der Waals surface area contributed by atoms with Gasteiger partial charge in [0, 0.05) is 31.7 Å². The molecule has 1 aliphatic heterocycles. The van der Waals surface area contributed by atoms with Gasteiger partial charge in [0.15, 0.2) is 5.82 Å². The van der Waals surface area contributed by atoms with Crippen molar-refractivity contribution in [2.45, 2.75) is 13.3 Å². The molecule has 5 nitrogen and oxygen atoms in total. The molecule has 2 aromatic rings. The molecule has 0 spiro atoms. The predicted octanol–water partition coefficient (Wildman–Crippen LogP) is 1.82. The molecule has 1 fully saturated rings. The van der Waals surface area contributed by atoms with Gasteiger partial charge in [-0.2, -0.15) is 0 Å². The monoisotopic (exact) mass is 284 g/mol. The molecule has 2 N–H and O–H groups in total. The summed E-state index contributed by atoms with van der Waals surface area (Å²) < 4.78 is 0. The summed E-state index contributed by atoms with van der Waals surface area (Å²) in [7, 11) is 0. The minimum Gasteiger partial charge on any atom is -0.508 e. The lowest BCUT2D eigenvalue weighted by Crippen LogP contribution is -2.44. The number of hydrogen-bond donors (Lipinski definition) is 2. The molecule has 0 radical (unpaired) electrons. The summed E-state index contributed by atoms with van der Waals surface area (Å²) in [6.07, 6.45) is 2.81. The summed E-state index contributed by atoms with van der Waals surface area (Å²) >= 11 is 0. The minimum atomic E-state index is 0.256. The van der Waals surface area contributed by atoms with Crippen LogP contribution in [0.2, 0.25) is 0 Å². The Kier molecular flexibility index (Phi) is 4.01. The van der Waals surface area contributed by atoms with Crippen LogP contribution in [-0.4, -0.2) is 41.3 Å². The number of aromatic hydroxyl groups is 1. The Morgan fingerprint density at radius 3 is 2.57 bits per heavy atom. The van der Waals surface area contributed by atoms with Gasteiger partial charge in [-0.1, -0.05) is 6.92 Å².